The van der Waals surface area contributed by atoms with E-state index in [1.807, 2.05) is 12.1 Å². The normalized spacial score (nSPS) is 17.9. The van der Waals surface area contributed by atoms with E-state index in [1.165, 1.54) is 18.3 Å². The first-order valence-corrected chi connectivity index (χ1v) is 13.3. The third-order valence-electron chi connectivity index (χ3n) is 7.49. The number of nitro groups is 1. The second kappa shape index (κ2) is 11.5. The molecular formula is C28H31F3N4O4. The number of nitrogens with zero attached hydrogens (tertiary/aromatic N) is 4. The number of imidazole rings is 1. The Morgan fingerprint density at radius 3 is 2.41 bits per heavy atom. The lowest BCUT2D eigenvalue weighted by atomic mass is 9.90. The zero-order chi connectivity index (χ0) is 27.4. The Labute approximate surface area is 224 Å². The van der Waals surface area contributed by atoms with Crippen molar-refractivity contribution in [2.24, 2.45) is 5.92 Å². The predicted molar refractivity (Wildman–Crippen MR) is 139 cm³/mol. The molecule has 0 radical (unpaired) electrons. The zero-order valence-electron chi connectivity index (χ0n) is 21.5. The Kier molecular flexibility index (Phi) is 7.94. The van der Waals surface area contributed by atoms with Crippen molar-refractivity contribution in [1.82, 2.24) is 9.55 Å². The Hall–Kier alpha value is -3.76. The average Bonchev–Trinajstić information content (AvgIpc) is 3.37. The molecule has 2 aromatic carbocycles. The smallest absolute Gasteiger partial charge is 0.416 e. The van der Waals surface area contributed by atoms with Gasteiger partial charge in [0.05, 0.1) is 5.56 Å². The third kappa shape index (κ3) is 6.82. The largest absolute Gasteiger partial charge is 0.490 e. The lowest BCUT2D eigenvalue weighted by molar-refractivity contribution is -0.389. The molecule has 39 heavy (non-hydrogen) atoms. The highest BCUT2D eigenvalue weighted by Crippen LogP contribution is 2.31. The molecule has 8 nitrogen and oxygen atoms in total. The standard InChI is InChI=1S/C28H31F3N4O4/c29-28(30,31)22-6-4-20(5-7-22)2-1-3-21-12-15-33(16-13-21)23-8-10-24(11-9-23)38-19-25-14-17-34-18-26(35(36)37)32-27(34)39-25/h4-11,18,21,25H,1-3,12-17,19H2. The van der Waals surface area contributed by atoms with Gasteiger partial charge in [-0.15, -0.1) is 0 Å². The highest BCUT2D eigenvalue weighted by Gasteiger charge is 2.30. The molecule has 2 aliphatic rings. The molecule has 208 valence electrons. The zero-order valence-corrected chi connectivity index (χ0v) is 21.5. The Morgan fingerprint density at radius 1 is 1.03 bits per heavy atom. The van der Waals surface area contributed by atoms with E-state index >= 15 is 0 Å². The molecule has 0 saturated carbocycles. The molecule has 2 aliphatic heterocycles. The molecule has 0 amide bonds. The van der Waals surface area contributed by atoms with Crippen molar-refractivity contribution in [2.45, 2.75) is 57.3 Å². The Morgan fingerprint density at radius 2 is 1.74 bits per heavy atom. The van der Waals surface area contributed by atoms with Crippen molar-refractivity contribution >= 4 is 11.5 Å². The summed E-state index contributed by atoms with van der Waals surface area (Å²) in [7, 11) is 0. The number of aromatic nitrogens is 2. The Balaban J connectivity index is 1.02. The fourth-order valence-electron chi connectivity index (χ4n) is 5.21. The van der Waals surface area contributed by atoms with Crippen LogP contribution in [0.1, 0.15) is 43.2 Å². The summed E-state index contributed by atoms with van der Waals surface area (Å²) in [6.45, 7) is 2.87. The number of hydrogen-bond acceptors (Lipinski definition) is 6. The van der Waals surface area contributed by atoms with Crippen LogP contribution in [0.4, 0.5) is 24.7 Å². The minimum absolute atomic E-state index is 0.218. The lowest BCUT2D eigenvalue weighted by Crippen LogP contribution is -2.33. The first kappa shape index (κ1) is 26.8. The van der Waals surface area contributed by atoms with E-state index < -0.39 is 16.7 Å². The van der Waals surface area contributed by atoms with Gasteiger partial charge in [-0.2, -0.15) is 13.2 Å². The van der Waals surface area contributed by atoms with E-state index in [0.29, 0.717) is 25.5 Å². The average molecular weight is 545 g/mol. The van der Waals surface area contributed by atoms with Crippen LogP contribution >= 0.6 is 0 Å². The molecule has 1 atom stereocenters. The van der Waals surface area contributed by atoms with Gasteiger partial charge >= 0.3 is 18.0 Å². The minimum atomic E-state index is -4.29. The van der Waals surface area contributed by atoms with Gasteiger partial charge in [0.2, 0.25) is 0 Å². The van der Waals surface area contributed by atoms with Gasteiger partial charge in [0.15, 0.2) is 0 Å². The van der Waals surface area contributed by atoms with Gasteiger partial charge in [-0.05, 0) is 84.9 Å². The molecule has 3 heterocycles. The third-order valence-corrected chi connectivity index (χ3v) is 7.49. The molecule has 3 aromatic rings. The van der Waals surface area contributed by atoms with Crippen LogP contribution < -0.4 is 14.4 Å². The summed E-state index contributed by atoms with van der Waals surface area (Å²) >= 11 is 0. The highest BCUT2D eigenvalue weighted by molar-refractivity contribution is 5.49. The second-order valence-electron chi connectivity index (χ2n) is 10.2. The van der Waals surface area contributed by atoms with E-state index in [4.69, 9.17) is 9.47 Å². The summed E-state index contributed by atoms with van der Waals surface area (Å²) in [6, 6.07) is 13.8. The molecule has 11 heteroatoms. The van der Waals surface area contributed by atoms with Gasteiger partial charge in [-0.3, -0.25) is 4.57 Å². The fraction of sp³-hybridized carbons (Fsp3) is 0.464. The summed E-state index contributed by atoms with van der Waals surface area (Å²) in [5.74, 6) is 1.15. The first-order chi connectivity index (χ1) is 18.7. The maximum absolute atomic E-state index is 12.7. The molecule has 1 fully saturated rings. The number of fused-ring (bicyclic) bond motifs is 1. The van der Waals surface area contributed by atoms with Crippen LogP contribution in [-0.2, 0) is 19.1 Å². The minimum Gasteiger partial charge on any atom is -0.490 e. The number of rotatable bonds is 9. The quantitative estimate of drug-likeness (QED) is 0.233. The van der Waals surface area contributed by atoms with Gasteiger partial charge < -0.3 is 24.5 Å². The number of benzene rings is 2. The molecule has 0 bridgehead atoms. The molecule has 0 spiro atoms. The molecule has 5 rings (SSSR count). The van der Waals surface area contributed by atoms with Crippen LogP contribution in [0.15, 0.2) is 54.7 Å². The highest BCUT2D eigenvalue weighted by atomic mass is 19.4. The van der Waals surface area contributed by atoms with Crippen LogP contribution in [0.3, 0.4) is 0 Å². The Bertz CT molecular complexity index is 1250. The van der Waals surface area contributed by atoms with E-state index in [2.05, 4.69) is 22.0 Å². The van der Waals surface area contributed by atoms with E-state index in [0.717, 1.165) is 62.2 Å². The number of anilines is 1. The number of piperidine rings is 1. The molecular weight excluding hydrogens is 513 g/mol. The van der Waals surface area contributed by atoms with Crippen molar-refractivity contribution in [3.63, 3.8) is 0 Å². The molecule has 1 unspecified atom stereocenters. The van der Waals surface area contributed by atoms with E-state index in [9.17, 15) is 23.3 Å². The van der Waals surface area contributed by atoms with Gasteiger partial charge in [0, 0.05) is 36.7 Å². The van der Waals surface area contributed by atoms with E-state index in [-0.39, 0.29) is 17.9 Å². The maximum atomic E-state index is 12.7. The van der Waals surface area contributed by atoms with Crippen molar-refractivity contribution in [1.29, 1.82) is 0 Å². The maximum Gasteiger partial charge on any atom is 0.416 e. The summed E-state index contributed by atoms with van der Waals surface area (Å²) < 4.78 is 51.5. The number of hydrogen-bond donors (Lipinski definition) is 0. The molecule has 1 aromatic heterocycles. The van der Waals surface area contributed by atoms with Gasteiger partial charge in [-0.1, -0.05) is 12.1 Å². The molecule has 0 N–H and O–H groups in total. The summed E-state index contributed by atoms with van der Waals surface area (Å²) in [5, 5.41) is 10.9. The van der Waals surface area contributed by atoms with Crippen molar-refractivity contribution < 1.29 is 27.6 Å². The van der Waals surface area contributed by atoms with Crippen molar-refractivity contribution in [2.75, 3.05) is 24.6 Å². The number of alkyl halides is 3. The van der Waals surface area contributed by atoms with Crippen LogP contribution in [0.25, 0.3) is 0 Å². The van der Waals surface area contributed by atoms with Crippen LogP contribution in [0.2, 0.25) is 0 Å². The SMILES string of the molecule is O=[N+]([O-])c1cn2c(n1)OC(COc1ccc(N3CCC(CCCc4ccc(C(F)(F)F)cc4)CC3)cc1)CC2. The summed E-state index contributed by atoms with van der Waals surface area (Å²) in [4.78, 5) is 16.7. The predicted octanol–water partition coefficient (Wildman–Crippen LogP) is 6.28. The first-order valence-electron chi connectivity index (χ1n) is 13.3. The van der Waals surface area contributed by atoms with Gasteiger partial charge in [0.25, 0.3) is 0 Å². The summed E-state index contributed by atoms with van der Waals surface area (Å²) in [6.07, 6.45) is 2.60. The van der Waals surface area contributed by atoms with Gasteiger partial charge in [-0.25, -0.2) is 0 Å². The summed E-state index contributed by atoms with van der Waals surface area (Å²) in [5.41, 5.74) is 1.50. The van der Waals surface area contributed by atoms with Crippen molar-refractivity contribution in [3.05, 3.63) is 76.0 Å². The lowest BCUT2D eigenvalue weighted by Gasteiger charge is -2.33. The molecule has 1 saturated heterocycles. The van der Waals surface area contributed by atoms with E-state index in [1.54, 1.807) is 16.7 Å². The molecule has 0 aliphatic carbocycles. The van der Waals surface area contributed by atoms with Crippen LogP contribution in [0.5, 0.6) is 11.8 Å². The monoisotopic (exact) mass is 544 g/mol. The van der Waals surface area contributed by atoms with Crippen molar-refractivity contribution in [3.8, 4) is 11.8 Å². The fourth-order valence-corrected chi connectivity index (χ4v) is 5.21. The van der Waals surface area contributed by atoms with Crippen LogP contribution in [0, 0.1) is 16.0 Å². The number of halogens is 3. The number of aryl methyl sites for hydroxylation is 2. The van der Waals surface area contributed by atoms with Crippen LogP contribution in [-0.4, -0.2) is 40.3 Å². The topological polar surface area (TPSA) is 82.7 Å². The van der Waals surface area contributed by atoms with Gasteiger partial charge in [0.1, 0.15) is 24.7 Å². The number of ether oxygens (including phenoxy) is 2. The second-order valence-corrected chi connectivity index (χ2v) is 10.2.